The summed E-state index contributed by atoms with van der Waals surface area (Å²) in [6.45, 7) is 0. The molecule has 2 rings (SSSR count). The Kier molecular flexibility index (Phi) is 3.79. The number of anilines is 2. The van der Waals surface area contributed by atoms with Crippen LogP contribution in [0.4, 0.5) is 11.8 Å². The van der Waals surface area contributed by atoms with Crippen molar-refractivity contribution in [3.8, 4) is 28.5 Å². The van der Waals surface area contributed by atoms with Gasteiger partial charge in [0, 0.05) is 18.2 Å². The first-order chi connectivity index (χ1) is 9.58. The van der Waals surface area contributed by atoms with E-state index in [1.54, 1.807) is 39.5 Å². The Labute approximate surface area is 116 Å². The monoisotopic (exact) mass is 276 g/mol. The molecule has 0 saturated heterocycles. The maximum Gasteiger partial charge on any atom is 0.222 e. The molecule has 0 spiro atoms. The average Bonchev–Trinajstić information content (AvgIpc) is 2.44. The topological polar surface area (TPSA) is 106 Å². The fraction of sp³-hybridized carbons (Fsp3) is 0.231. The van der Waals surface area contributed by atoms with Crippen molar-refractivity contribution in [2.45, 2.75) is 0 Å². The lowest BCUT2D eigenvalue weighted by Gasteiger charge is -2.15. The maximum absolute atomic E-state index is 5.70. The minimum absolute atomic E-state index is 0.0833. The number of nitrogens with two attached hydrogens (primary N) is 2. The van der Waals surface area contributed by atoms with Gasteiger partial charge in [0.25, 0.3) is 0 Å². The molecule has 0 amide bonds. The van der Waals surface area contributed by atoms with Crippen molar-refractivity contribution in [1.82, 2.24) is 9.97 Å². The highest BCUT2D eigenvalue weighted by atomic mass is 16.5. The van der Waals surface area contributed by atoms with E-state index in [9.17, 15) is 0 Å². The van der Waals surface area contributed by atoms with Crippen LogP contribution in [0, 0.1) is 0 Å². The van der Waals surface area contributed by atoms with Crippen LogP contribution in [-0.4, -0.2) is 31.3 Å². The minimum atomic E-state index is 0.0833. The van der Waals surface area contributed by atoms with Gasteiger partial charge in [-0.25, -0.2) is 4.98 Å². The summed E-state index contributed by atoms with van der Waals surface area (Å²) in [5.41, 5.74) is 12.5. The first-order valence-electron chi connectivity index (χ1n) is 5.79. The first kappa shape index (κ1) is 13.7. The number of aromatic nitrogens is 2. The van der Waals surface area contributed by atoms with Crippen molar-refractivity contribution in [3.63, 3.8) is 0 Å². The molecule has 0 aliphatic heterocycles. The molecule has 20 heavy (non-hydrogen) atoms. The number of nitrogen functional groups attached to an aromatic ring is 2. The Morgan fingerprint density at radius 1 is 0.850 bits per heavy atom. The largest absolute Gasteiger partial charge is 0.496 e. The lowest BCUT2D eigenvalue weighted by atomic mass is 10.1. The van der Waals surface area contributed by atoms with Crippen LogP contribution in [0.25, 0.3) is 11.3 Å². The van der Waals surface area contributed by atoms with Gasteiger partial charge in [-0.15, -0.1) is 0 Å². The number of methoxy groups -OCH3 is 3. The zero-order valence-corrected chi connectivity index (χ0v) is 11.5. The Bertz CT molecular complexity index is 586. The molecular formula is C13H16N4O3. The van der Waals surface area contributed by atoms with Gasteiger partial charge in [0.05, 0.1) is 32.6 Å². The molecule has 1 heterocycles. The summed E-state index contributed by atoms with van der Waals surface area (Å²) in [4.78, 5) is 8.01. The van der Waals surface area contributed by atoms with Gasteiger partial charge < -0.3 is 25.7 Å². The van der Waals surface area contributed by atoms with E-state index in [1.807, 2.05) is 0 Å². The fourth-order valence-electron chi connectivity index (χ4n) is 1.87. The average molecular weight is 276 g/mol. The van der Waals surface area contributed by atoms with Crippen molar-refractivity contribution in [1.29, 1.82) is 0 Å². The van der Waals surface area contributed by atoms with E-state index in [2.05, 4.69) is 9.97 Å². The van der Waals surface area contributed by atoms with Gasteiger partial charge >= 0.3 is 0 Å². The lowest BCUT2D eigenvalue weighted by molar-refractivity contribution is 0.377. The van der Waals surface area contributed by atoms with E-state index < -0.39 is 0 Å². The van der Waals surface area contributed by atoms with E-state index in [0.717, 1.165) is 0 Å². The van der Waals surface area contributed by atoms with E-state index in [4.69, 9.17) is 25.7 Å². The SMILES string of the molecule is COc1cc(OC)c(-c2cc(N)nc(N)n2)c(OC)c1. The third kappa shape index (κ3) is 2.51. The second-order valence-electron chi connectivity index (χ2n) is 3.94. The van der Waals surface area contributed by atoms with Gasteiger partial charge in [-0.1, -0.05) is 0 Å². The molecule has 0 bridgehead atoms. The summed E-state index contributed by atoms with van der Waals surface area (Å²) in [7, 11) is 4.66. The highest BCUT2D eigenvalue weighted by Crippen LogP contribution is 2.41. The quantitative estimate of drug-likeness (QED) is 0.867. The van der Waals surface area contributed by atoms with Gasteiger partial charge in [0.2, 0.25) is 5.95 Å². The van der Waals surface area contributed by atoms with Gasteiger partial charge in [-0.05, 0) is 0 Å². The summed E-state index contributed by atoms with van der Waals surface area (Å²) < 4.78 is 15.9. The molecule has 1 aromatic heterocycles. The Hall–Kier alpha value is -2.70. The number of hydrogen-bond donors (Lipinski definition) is 2. The third-order valence-corrected chi connectivity index (χ3v) is 2.73. The summed E-state index contributed by atoms with van der Waals surface area (Å²) in [6.07, 6.45) is 0. The molecular weight excluding hydrogens is 260 g/mol. The molecule has 2 aromatic rings. The molecule has 106 valence electrons. The molecule has 0 radical (unpaired) electrons. The minimum Gasteiger partial charge on any atom is -0.496 e. The predicted octanol–water partition coefficient (Wildman–Crippen LogP) is 1.33. The molecule has 0 aliphatic rings. The maximum atomic E-state index is 5.70. The summed E-state index contributed by atoms with van der Waals surface area (Å²) in [5.74, 6) is 2.04. The highest BCUT2D eigenvalue weighted by molar-refractivity contribution is 5.77. The van der Waals surface area contributed by atoms with Crippen molar-refractivity contribution < 1.29 is 14.2 Å². The van der Waals surface area contributed by atoms with E-state index in [0.29, 0.717) is 28.5 Å². The zero-order chi connectivity index (χ0) is 14.7. The van der Waals surface area contributed by atoms with Gasteiger partial charge in [-0.2, -0.15) is 4.98 Å². The number of hydrogen-bond acceptors (Lipinski definition) is 7. The summed E-state index contributed by atoms with van der Waals surface area (Å²) in [6, 6.07) is 5.06. The molecule has 0 fully saturated rings. The highest BCUT2D eigenvalue weighted by Gasteiger charge is 2.17. The number of benzene rings is 1. The van der Waals surface area contributed by atoms with Crippen LogP contribution >= 0.6 is 0 Å². The van der Waals surface area contributed by atoms with Crippen LogP contribution < -0.4 is 25.7 Å². The number of ether oxygens (including phenoxy) is 3. The normalized spacial score (nSPS) is 10.2. The van der Waals surface area contributed by atoms with Crippen molar-refractivity contribution >= 4 is 11.8 Å². The van der Waals surface area contributed by atoms with Crippen LogP contribution in [-0.2, 0) is 0 Å². The van der Waals surface area contributed by atoms with Gasteiger partial charge in [0.15, 0.2) is 0 Å². The van der Waals surface area contributed by atoms with Gasteiger partial charge in [0.1, 0.15) is 23.1 Å². The Morgan fingerprint density at radius 3 is 1.90 bits per heavy atom. The molecule has 0 unspecified atom stereocenters. The van der Waals surface area contributed by atoms with Crippen LogP contribution in [0.2, 0.25) is 0 Å². The van der Waals surface area contributed by atoms with E-state index >= 15 is 0 Å². The molecule has 0 saturated carbocycles. The van der Waals surface area contributed by atoms with E-state index in [-0.39, 0.29) is 11.8 Å². The number of rotatable bonds is 4. The van der Waals surface area contributed by atoms with Crippen molar-refractivity contribution in [2.24, 2.45) is 0 Å². The molecule has 1 aromatic carbocycles. The summed E-state index contributed by atoms with van der Waals surface area (Å²) >= 11 is 0. The predicted molar refractivity (Wildman–Crippen MR) is 75.9 cm³/mol. The smallest absolute Gasteiger partial charge is 0.222 e. The molecule has 0 aliphatic carbocycles. The molecule has 7 heteroatoms. The van der Waals surface area contributed by atoms with Crippen molar-refractivity contribution in [2.75, 3.05) is 32.8 Å². The van der Waals surface area contributed by atoms with E-state index in [1.165, 1.54) is 0 Å². The Balaban J connectivity index is 2.70. The molecule has 0 atom stereocenters. The first-order valence-corrected chi connectivity index (χ1v) is 5.79. The number of nitrogens with zero attached hydrogens (tertiary/aromatic N) is 2. The van der Waals surface area contributed by atoms with Crippen LogP contribution in [0.5, 0.6) is 17.2 Å². The Morgan fingerprint density at radius 2 is 1.45 bits per heavy atom. The molecule has 4 N–H and O–H groups in total. The van der Waals surface area contributed by atoms with Crippen molar-refractivity contribution in [3.05, 3.63) is 18.2 Å². The second kappa shape index (κ2) is 5.52. The van der Waals surface area contributed by atoms with Crippen LogP contribution in [0.1, 0.15) is 0 Å². The lowest BCUT2D eigenvalue weighted by Crippen LogP contribution is -2.02. The van der Waals surface area contributed by atoms with Crippen LogP contribution in [0.3, 0.4) is 0 Å². The standard InChI is InChI=1S/C13H16N4O3/c1-18-7-4-9(19-2)12(10(5-7)20-3)8-6-11(14)17-13(15)16-8/h4-6H,1-3H3,(H4,14,15,16,17). The second-order valence-corrected chi connectivity index (χ2v) is 3.94. The zero-order valence-electron chi connectivity index (χ0n) is 11.5. The van der Waals surface area contributed by atoms with Crippen LogP contribution in [0.15, 0.2) is 18.2 Å². The van der Waals surface area contributed by atoms with Gasteiger partial charge in [-0.3, -0.25) is 0 Å². The fourth-order valence-corrected chi connectivity index (χ4v) is 1.87. The third-order valence-electron chi connectivity index (χ3n) is 2.73. The summed E-state index contributed by atoms with van der Waals surface area (Å²) in [5, 5.41) is 0. The molecule has 7 nitrogen and oxygen atoms in total.